The van der Waals surface area contributed by atoms with E-state index in [-0.39, 0.29) is 5.82 Å². The minimum atomic E-state index is -1.09. The molecule has 0 saturated carbocycles. The van der Waals surface area contributed by atoms with E-state index < -0.39 is 11.2 Å². The second-order valence-corrected chi connectivity index (χ2v) is 6.65. The maximum Gasteiger partial charge on any atom is 0.130 e. The molecule has 0 aliphatic carbocycles. The van der Waals surface area contributed by atoms with Gasteiger partial charge in [-0.1, -0.05) is 0 Å². The number of hydrogen-bond donors (Lipinski definition) is 3. The molecule has 2 aromatic rings. The number of nitrogen functional groups attached to an aromatic ring is 2. The molecule has 0 saturated heterocycles. The van der Waals surface area contributed by atoms with Gasteiger partial charge in [0, 0.05) is 22.5 Å². The highest BCUT2D eigenvalue weighted by Crippen LogP contribution is 2.35. The highest BCUT2D eigenvalue weighted by molar-refractivity contribution is 5.54. The van der Waals surface area contributed by atoms with E-state index in [0.29, 0.717) is 28.3 Å². The van der Waals surface area contributed by atoms with Crippen LogP contribution in [0.4, 0.5) is 15.8 Å². The fourth-order valence-corrected chi connectivity index (χ4v) is 2.53. The van der Waals surface area contributed by atoms with Gasteiger partial charge in [0.1, 0.15) is 17.2 Å². The van der Waals surface area contributed by atoms with Crippen molar-refractivity contribution in [3.8, 4) is 5.75 Å². The molecule has 2 aromatic carbocycles. The Labute approximate surface area is 135 Å². The van der Waals surface area contributed by atoms with Gasteiger partial charge in [0.2, 0.25) is 0 Å². The molecule has 5 N–H and O–H groups in total. The van der Waals surface area contributed by atoms with E-state index in [9.17, 15) is 9.50 Å². The van der Waals surface area contributed by atoms with Crippen molar-refractivity contribution in [1.82, 2.24) is 0 Å². The number of hydrogen-bond acceptors (Lipinski definition) is 4. The van der Waals surface area contributed by atoms with Crippen molar-refractivity contribution in [3.05, 3.63) is 53.3 Å². The van der Waals surface area contributed by atoms with E-state index in [4.69, 9.17) is 16.2 Å². The number of benzene rings is 2. The molecular weight excluding hydrogens is 295 g/mol. The molecule has 5 heteroatoms. The van der Waals surface area contributed by atoms with Gasteiger partial charge in [0.15, 0.2) is 0 Å². The molecule has 0 fully saturated rings. The summed E-state index contributed by atoms with van der Waals surface area (Å²) in [5.74, 6) is 0.144. The number of aliphatic hydroxyl groups is 1. The number of anilines is 2. The maximum atomic E-state index is 13.5. The predicted octanol–water partition coefficient (Wildman–Crippen LogP) is 3.53. The molecule has 2 rings (SSSR count). The molecule has 0 aliphatic rings. The first-order chi connectivity index (χ1) is 10.5. The Hall–Kier alpha value is -2.27. The molecule has 0 atom stereocenters. The quantitative estimate of drug-likeness (QED) is 0.753. The van der Waals surface area contributed by atoms with Gasteiger partial charge in [-0.25, -0.2) is 4.39 Å². The van der Waals surface area contributed by atoms with Crippen LogP contribution in [0.5, 0.6) is 5.75 Å². The maximum absolute atomic E-state index is 13.5. The minimum Gasteiger partial charge on any atom is -0.483 e. The molecular formula is C18H23FN2O2. The summed E-state index contributed by atoms with van der Waals surface area (Å²) in [5, 5.41) is 10.2. The summed E-state index contributed by atoms with van der Waals surface area (Å²) in [6.45, 7) is 6.91. The van der Waals surface area contributed by atoms with Crippen molar-refractivity contribution in [2.24, 2.45) is 0 Å². The lowest BCUT2D eigenvalue weighted by atomic mass is 9.94. The van der Waals surface area contributed by atoms with Crippen LogP contribution in [0.25, 0.3) is 0 Å². The summed E-state index contributed by atoms with van der Waals surface area (Å²) in [6.07, 6.45) is 0. The van der Waals surface area contributed by atoms with E-state index in [0.717, 1.165) is 0 Å². The van der Waals surface area contributed by atoms with Gasteiger partial charge in [-0.05, 0) is 64.1 Å². The lowest BCUT2D eigenvalue weighted by Crippen LogP contribution is -2.27. The Bertz CT molecular complexity index is 721. The molecule has 0 bridgehead atoms. The zero-order valence-corrected chi connectivity index (χ0v) is 13.9. The Kier molecular flexibility index (Phi) is 4.26. The minimum absolute atomic E-state index is 0.375. The van der Waals surface area contributed by atoms with E-state index in [2.05, 4.69) is 0 Å². The molecule has 4 nitrogen and oxygen atoms in total. The average Bonchev–Trinajstić information content (AvgIpc) is 2.42. The van der Waals surface area contributed by atoms with Crippen LogP contribution in [0.3, 0.4) is 0 Å². The number of nitrogens with two attached hydrogens (primary N) is 2. The van der Waals surface area contributed by atoms with Crippen molar-refractivity contribution in [3.63, 3.8) is 0 Å². The van der Waals surface area contributed by atoms with Crippen LogP contribution in [0.15, 0.2) is 36.4 Å². The molecule has 0 radical (unpaired) electrons. The first-order valence-electron chi connectivity index (χ1n) is 7.37. The lowest BCUT2D eigenvalue weighted by molar-refractivity contribution is 0.0770. The molecule has 0 unspecified atom stereocenters. The van der Waals surface area contributed by atoms with Gasteiger partial charge in [0.25, 0.3) is 0 Å². The predicted molar refractivity (Wildman–Crippen MR) is 90.6 cm³/mol. The first-order valence-corrected chi connectivity index (χ1v) is 7.37. The fourth-order valence-electron chi connectivity index (χ4n) is 2.53. The Morgan fingerprint density at radius 2 is 1.48 bits per heavy atom. The summed E-state index contributed by atoms with van der Waals surface area (Å²) >= 11 is 0. The van der Waals surface area contributed by atoms with Gasteiger partial charge in [-0.15, -0.1) is 0 Å². The summed E-state index contributed by atoms with van der Waals surface area (Å²) in [7, 11) is 0. The van der Waals surface area contributed by atoms with Crippen molar-refractivity contribution in [2.45, 2.75) is 38.9 Å². The van der Waals surface area contributed by atoms with E-state index in [1.165, 1.54) is 18.2 Å². The standard InChI is InChI=1S/C18H23FN2O2/c1-17(2,22)13-10-12(6-8-15(13)20)23-18(3,4)14-9-11(19)5-7-16(14)21/h5-10,22H,20-21H2,1-4H3. The molecule has 0 heterocycles. The van der Waals surface area contributed by atoms with Gasteiger partial charge >= 0.3 is 0 Å². The first kappa shape index (κ1) is 17.1. The largest absolute Gasteiger partial charge is 0.483 e. The lowest BCUT2D eigenvalue weighted by Gasteiger charge is -2.29. The van der Waals surface area contributed by atoms with Crippen LogP contribution >= 0.6 is 0 Å². The molecule has 0 amide bonds. The van der Waals surface area contributed by atoms with Crippen LogP contribution in [-0.4, -0.2) is 5.11 Å². The fraction of sp³-hybridized carbons (Fsp3) is 0.333. The molecule has 0 aromatic heterocycles. The van der Waals surface area contributed by atoms with E-state index in [1.807, 2.05) is 0 Å². The third-order valence-corrected chi connectivity index (χ3v) is 3.72. The molecule has 0 spiro atoms. The third kappa shape index (κ3) is 3.74. The number of rotatable bonds is 4. The molecule has 23 heavy (non-hydrogen) atoms. The SMILES string of the molecule is CC(C)(O)c1cc(OC(C)(C)c2cc(F)ccc2N)ccc1N. The monoisotopic (exact) mass is 318 g/mol. The van der Waals surface area contributed by atoms with Crippen molar-refractivity contribution < 1.29 is 14.2 Å². The average molecular weight is 318 g/mol. The van der Waals surface area contributed by atoms with Crippen molar-refractivity contribution >= 4 is 11.4 Å². The summed E-state index contributed by atoms with van der Waals surface area (Å²) in [5.41, 5.74) is 12.0. The zero-order valence-electron chi connectivity index (χ0n) is 13.9. The Balaban J connectivity index is 2.39. The van der Waals surface area contributed by atoms with E-state index >= 15 is 0 Å². The number of halogens is 1. The summed E-state index contributed by atoms with van der Waals surface area (Å²) in [4.78, 5) is 0. The topological polar surface area (TPSA) is 81.5 Å². The smallest absolute Gasteiger partial charge is 0.130 e. The molecule has 0 aliphatic heterocycles. The van der Waals surface area contributed by atoms with Crippen LogP contribution in [0.1, 0.15) is 38.8 Å². The van der Waals surface area contributed by atoms with Crippen LogP contribution in [-0.2, 0) is 11.2 Å². The summed E-state index contributed by atoms with van der Waals surface area (Å²) in [6, 6.07) is 9.26. The van der Waals surface area contributed by atoms with E-state index in [1.54, 1.807) is 45.9 Å². The Morgan fingerprint density at radius 1 is 0.913 bits per heavy atom. The Morgan fingerprint density at radius 3 is 2.09 bits per heavy atom. The van der Waals surface area contributed by atoms with Gasteiger partial charge < -0.3 is 21.3 Å². The van der Waals surface area contributed by atoms with Crippen LogP contribution in [0, 0.1) is 5.82 Å². The zero-order chi connectivity index (χ0) is 17.4. The van der Waals surface area contributed by atoms with Crippen molar-refractivity contribution in [1.29, 1.82) is 0 Å². The molecule has 124 valence electrons. The third-order valence-electron chi connectivity index (χ3n) is 3.72. The summed E-state index contributed by atoms with van der Waals surface area (Å²) < 4.78 is 19.5. The van der Waals surface area contributed by atoms with Crippen molar-refractivity contribution in [2.75, 3.05) is 11.5 Å². The van der Waals surface area contributed by atoms with Gasteiger partial charge in [0.05, 0.1) is 5.60 Å². The van der Waals surface area contributed by atoms with Gasteiger partial charge in [-0.2, -0.15) is 0 Å². The number of ether oxygens (including phenoxy) is 1. The highest BCUT2D eigenvalue weighted by Gasteiger charge is 2.27. The van der Waals surface area contributed by atoms with Gasteiger partial charge in [-0.3, -0.25) is 0 Å². The normalized spacial score (nSPS) is 12.3. The second-order valence-electron chi connectivity index (χ2n) is 6.65. The van der Waals surface area contributed by atoms with Crippen LogP contribution in [0.2, 0.25) is 0 Å². The van der Waals surface area contributed by atoms with Crippen LogP contribution < -0.4 is 16.2 Å². The highest BCUT2D eigenvalue weighted by atomic mass is 19.1. The second kappa shape index (κ2) is 5.74.